The number of benzene rings is 2. The van der Waals surface area contributed by atoms with Gasteiger partial charge in [-0.3, -0.25) is 0 Å². The fraction of sp³-hybridized carbons (Fsp3) is 0.375. The third-order valence-corrected chi connectivity index (χ3v) is 6.39. The van der Waals surface area contributed by atoms with Gasteiger partial charge in [-0.15, -0.1) is 5.10 Å². The van der Waals surface area contributed by atoms with Crippen LogP contribution in [0.3, 0.4) is 0 Å². The number of nitrogens with two attached hydrogens (primary N) is 1. The standard InChI is InChI=1S/C24H26F2N6O3/c1-33-14-6-5-13(18(10-14)34-2)9-15-17(25)11-16-19(20(15)35-3)29-23(27)32-21(16)30-22(31-32)24(26)7-4-8-28-12-24/h5-6,10-11,28H,4,7-9,12H2,1-3H3,(H2,27,29). The van der Waals surface area contributed by atoms with Crippen molar-refractivity contribution in [3.8, 4) is 17.2 Å². The summed E-state index contributed by atoms with van der Waals surface area (Å²) in [6, 6.07) is 6.61. The molecule has 1 saturated heterocycles. The summed E-state index contributed by atoms with van der Waals surface area (Å²) < 4.78 is 48.7. The Hall–Kier alpha value is -3.73. The summed E-state index contributed by atoms with van der Waals surface area (Å²) in [6.07, 6.45) is 1.11. The van der Waals surface area contributed by atoms with Crippen LogP contribution in [0.15, 0.2) is 24.3 Å². The Morgan fingerprint density at radius 2 is 1.97 bits per heavy atom. The summed E-state index contributed by atoms with van der Waals surface area (Å²) >= 11 is 0. The normalized spacial score (nSPS) is 18.2. The Kier molecular flexibility index (Phi) is 5.79. The molecule has 5 rings (SSSR count). The van der Waals surface area contributed by atoms with Crippen LogP contribution in [0.5, 0.6) is 17.2 Å². The number of hydrogen-bond donors (Lipinski definition) is 2. The summed E-state index contributed by atoms with van der Waals surface area (Å²) in [5, 5.41) is 7.64. The van der Waals surface area contributed by atoms with Crippen molar-refractivity contribution in [1.29, 1.82) is 0 Å². The van der Waals surface area contributed by atoms with Gasteiger partial charge in [0.15, 0.2) is 22.9 Å². The van der Waals surface area contributed by atoms with Gasteiger partial charge in [0.05, 0.1) is 26.7 Å². The van der Waals surface area contributed by atoms with Gasteiger partial charge in [0.2, 0.25) is 5.95 Å². The first-order valence-corrected chi connectivity index (χ1v) is 11.2. The molecule has 0 aliphatic carbocycles. The number of halogens is 2. The van der Waals surface area contributed by atoms with Gasteiger partial charge in [0.1, 0.15) is 22.8 Å². The van der Waals surface area contributed by atoms with Crippen LogP contribution in [-0.4, -0.2) is 54.0 Å². The maximum Gasteiger partial charge on any atom is 0.223 e. The molecule has 0 radical (unpaired) electrons. The van der Waals surface area contributed by atoms with E-state index in [1.54, 1.807) is 25.3 Å². The Morgan fingerprint density at radius 1 is 1.14 bits per heavy atom. The minimum atomic E-state index is -1.74. The van der Waals surface area contributed by atoms with Crippen LogP contribution in [0.4, 0.5) is 14.7 Å². The Labute approximate surface area is 200 Å². The van der Waals surface area contributed by atoms with Gasteiger partial charge in [-0.05, 0) is 37.1 Å². The molecular weight excluding hydrogens is 458 g/mol. The molecular formula is C24H26F2N6O3. The van der Waals surface area contributed by atoms with Crippen LogP contribution in [0, 0.1) is 5.82 Å². The Bertz CT molecular complexity index is 1420. The van der Waals surface area contributed by atoms with Gasteiger partial charge in [-0.2, -0.15) is 4.52 Å². The largest absolute Gasteiger partial charge is 0.497 e. The number of aromatic nitrogens is 4. The smallest absolute Gasteiger partial charge is 0.223 e. The number of piperidine rings is 1. The van der Waals surface area contributed by atoms with Crippen LogP contribution in [0.2, 0.25) is 0 Å². The molecule has 0 spiro atoms. The molecule has 2 aromatic carbocycles. The number of nitrogen functional groups attached to an aromatic ring is 1. The lowest BCUT2D eigenvalue weighted by molar-refractivity contribution is 0.111. The van der Waals surface area contributed by atoms with E-state index in [2.05, 4.69) is 20.4 Å². The number of fused-ring (bicyclic) bond motifs is 3. The second-order valence-electron chi connectivity index (χ2n) is 8.51. The monoisotopic (exact) mass is 484 g/mol. The summed E-state index contributed by atoms with van der Waals surface area (Å²) in [5.74, 6) is 0.846. The average molecular weight is 485 g/mol. The van der Waals surface area contributed by atoms with Crippen LogP contribution in [0.1, 0.15) is 29.8 Å². The highest BCUT2D eigenvalue weighted by Crippen LogP contribution is 2.38. The first kappa shape index (κ1) is 23.0. The summed E-state index contributed by atoms with van der Waals surface area (Å²) in [4.78, 5) is 8.86. The van der Waals surface area contributed by atoms with E-state index in [-0.39, 0.29) is 48.1 Å². The minimum Gasteiger partial charge on any atom is -0.497 e. The van der Waals surface area contributed by atoms with E-state index in [0.717, 1.165) is 12.1 Å². The number of rotatable bonds is 6. The lowest BCUT2D eigenvalue weighted by Crippen LogP contribution is -2.40. The topological polar surface area (TPSA) is 109 Å². The van der Waals surface area contributed by atoms with Crippen LogP contribution in [0.25, 0.3) is 16.6 Å². The third kappa shape index (κ3) is 3.85. The Balaban J connectivity index is 1.67. The second-order valence-corrected chi connectivity index (χ2v) is 8.51. The highest BCUT2D eigenvalue weighted by Gasteiger charge is 2.38. The second kappa shape index (κ2) is 8.81. The fourth-order valence-corrected chi connectivity index (χ4v) is 4.57. The molecule has 35 heavy (non-hydrogen) atoms. The van der Waals surface area contributed by atoms with Gasteiger partial charge in [-0.25, -0.2) is 18.7 Å². The maximum absolute atomic E-state index is 15.6. The van der Waals surface area contributed by atoms with E-state index in [9.17, 15) is 0 Å². The lowest BCUT2D eigenvalue weighted by atomic mass is 9.95. The van der Waals surface area contributed by atoms with Gasteiger partial charge in [-0.1, -0.05) is 6.07 Å². The Morgan fingerprint density at radius 3 is 2.66 bits per heavy atom. The lowest BCUT2D eigenvalue weighted by Gasteiger charge is -2.27. The molecule has 3 heterocycles. The van der Waals surface area contributed by atoms with Crippen molar-refractivity contribution in [2.45, 2.75) is 24.9 Å². The zero-order valence-corrected chi connectivity index (χ0v) is 19.7. The zero-order chi connectivity index (χ0) is 24.7. The van der Waals surface area contributed by atoms with E-state index in [1.807, 2.05) is 0 Å². The minimum absolute atomic E-state index is 0.00267. The van der Waals surface area contributed by atoms with Crippen molar-refractivity contribution in [1.82, 2.24) is 24.9 Å². The molecule has 4 aromatic rings. The zero-order valence-electron chi connectivity index (χ0n) is 19.7. The number of nitrogens with one attached hydrogen (secondary N) is 1. The van der Waals surface area contributed by atoms with Gasteiger partial charge in [0, 0.05) is 24.6 Å². The van der Waals surface area contributed by atoms with Crippen LogP contribution >= 0.6 is 0 Å². The third-order valence-electron chi connectivity index (χ3n) is 6.39. The van der Waals surface area contributed by atoms with Crippen molar-refractivity contribution in [3.05, 3.63) is 47.0 Å². The van der Waals surface area contributed by atoms with E-state index >= 15 is 8.78 Å². The molecule has 2 aromatic heterocycles. The molecule has 1 aliphatic heterocycles. The van der Waals surface area contributed by atoms with E-state index in [0.29, 0.717) is 28.8 Å². The number of nitrogens with zero attached hydrogens (tertiary/aromatic N) is 4. The first-order chi connectivity index (χ1) is 16.9. The maximum atomic E-state index is 15.6. The highest BCUT2D eigenvalue weighted by atomic mass is 19.1. The average Bonchev–Trinajstić information content (AvgIpc) is 3.33. The van der Waals surface area contributed by atoms with Crippen molar-refractivity contribution >= 4 is 22.5 Å². The van der Waals surface area contributed by atoms with Gasteiger partial charge < -0.3 is 25.3 Å². The SMILES string of the molecule is COc1ccc(Cc2c(F)cc3c(nc(N)n4nc(C5(F)CCCNC5)nc34)c2OC)c(OC)c1. The first-order valence-electron chi connectivity index (χ1n) is 11.2. The van der Waals surface area contributed by atoms with E-state index in [4.69, 9.17) is 19.9 Å². The molecule has 1 unspecified atom stereocenters. The van der Waals surface area contributed by atoms with E-state index < -0.39 is 11.5 Å². The van der Waals surface area contributed by atoms with Crippen molar-refractivity contribution in [3.63, 3.8) is 0 Å². The number of methoxy groups -OCH3 is 3. The predicted octanol–water partition coefficient (Wildman–Crippen LogP) is 3.16. The molecule has 1 aliphatic rings. The molecule has 11 heteroatoms. The van der Waals surface area contributed by atoms with Crippen LogP contribution in [-0.2, 0) is 12.1 Å². The van der Waals surface area contributed by atoms with Gasteiger partial charge in [0.25, 0.3) is 0 Å². The number of ether oxygens (including phenoxy) is 3. The number of alkyl halides is 1. The molecule has 3 N–H and O–H groups in total. The quantitative estimate of drug-likeness (QED) is 0.430. The highest BCUT2D eigenvalue weighted by molar-refractivity contribution is 5.97. The fourth-order valence-electron chi connectivity index (χ4n) is 4.57. The summed E-state index contributed by atoms with van der Waals surface area (Å²) in [6.45, 7) is 0.830. The molecule has 0 bridgehead atoms. The summed E-state index contributed by atoms with van der Waals surface area (Å²) in [7, 11) is 4.53. The molecule has 9 nitrogen and oxygen atoms in total. The molecule has 184 valence electrons. The van der Waals surface area contributed by atoms with Crippen LogP contribution < -0.4 is 25.3 Å². The predicted molar refractivity (Wildman–Crippen MR) is 126 cm³/mol. The number of anilines is 1. The van der Waals surface area contributed by atoms with Crippen molar-refractivity contribution in [2.24, 2.45) is 0 Å². The van der Waals surface area contributed by atoms with Gasteiger partial charge >= 0.3 is 0 Å². The molecule has 0 amide bonds. The van der Waals surface area contributed by atoms with E-state index in [1.165, 1.54) is 24.8 Å². The summed E-state index contributed by atoms with van der Waals surface area (Å²) in [5.41, 5.74) is 5.98. The number of hydrogen-bond acceptors (Lipinski definition) is 8. The molecule has 1 atom stereocenters. The molecule has 0 saturated carbocycles. The van der Waals surface area contributed by atoms with Crippen molar-refractivity contribution in [2.75, 3.05) is 40.2 Å². The van der Waals surface area contributed by atoms with Crippen molar-refractivity contribution < 1.29 is 23.0 Å². The molecule has 1 fully saturated rings.